The standard InChI is InChI=1S/C8H19NO4/c1-5(10)7(12)8(13)6(11)4-9(2)3/h5-8,10-13H,4H2,1-3H3/t5-,6-,7-,8-/m0/s1. The van der Waals surface area contributed by atoms with Crippen LogP contribution in [0.25, 0.3) is 0 Å². The Morgan fingerprint density at radius 1 is 1.00 bits per heavy atom. The van der Waals surface area contributed by atoms with Crippen LogP contribution < -0.4 is 0 Å². The Hall–Kier alpha value is -0.200. The summed E-state index contributed by atoms with van der Waals surface area (Å²) in [6.45, 7) is 1.60. The minimum atomic E-state index is -1.32. The van der Waals surface area contributed by atoms with Crippen LogP contribution in [0.15, 0.2) is 0 Å². The van der Waals surface area contributed by atoms with Crippen LogP contribution in [-0.2, 0) is 0 Å². The molecule has 5 heteroatoms. The fraction of sp³-hybridized carbons (Fsp3) is 1.00. The summed E-state index contributed by atoms with van der Waals surface area (Å²) in [6.07, 6.45) is -4.73. The number of hydrogen-bond donors (Lipinski definition) is 4. The summed E-state index contributed by atoms with van der Waals surface area (Å²) < 4.78 is 0. The van der Waals surface area contributed by atoms with Crippen LogP contribution in [0, 0.1) is 0 Å². The van der Waals surface area contributed by atoms with Gasteiger partial charge in [-0.3, -0.25) is 0 Å². The monoisotopic (exact) mass is 193 g/mol. The van der Waals surface area contributed by atoms with Gasteiger partial charge in [-0.1, -0.05) is 0 Å². The van der Waals surface area contributed by atoms with Crippen molar-refractivity contribution in [1.29, 1.82) is 0 Å². The Kier molecular flexibility index (Phi) is 5.43. The first kappa shape index (κ1) is 12.8. The topological polar surface area (TPSA) is 84.2 Å². The van der Waals surface area contributed by atoms with E-state index in [-0.39, 0.29) is 6.54 Å². The number of likely N-dealkylation sites (N-methyl/N-ethyl adjacent to an activating group) is 1. The first-order chi connectivity index (χ1) is 5.86. The quantitative estimate of drug-likeness (QED) is 0.406. The lowest BCUT2D eigenvalue weighted by molar-refractivity contribution is -0.103. The first-order valence-corrected chi connectivity index (χ1v) is 4.23. The van der Waals surface area contributed by atoms with Crippen LogP contribution in [0.5, 0.6) is 0 Å². The molecule has 0 unspecified atom stereocenters. The minimum Gasteiger partial charge on any atom is -0.391 e. The van der Waals surface area contributed by atoms with Gasteiger partial charge >= 0.3 is 0 Å². The van der Waals surface area contributed by atoms with E-state index < -0.39 is 24.4 Å². The van der Waals surface area contributed by atoms with E-state index in [9.17, 15) is 15.3 Å². The highest BCUT2D eigenvalue weighted by Gasteiger charge is 2.27. The Labute approximate surface area is 78.2 Å². The molecular formula is C8H19NO4. The third-order valence-corrected chi connectivity index (χ3v) is 1.79. The molecule has 0 saturated heterocycles. The molecule has 0 bridgehead atoms. The van der Waals surface area contributed by atoms with Crippen LogP contribution in [0.4, 0.5) is 0 Å². The van der Waals surface area contributed by atoms with Crippen molar-refractivity contribution in [3.8, 4) is 0 Å². The molecular weight excluding hydrogens is 174 g/mol. The fourth-order valence-corrected chi connectivity index (χ4v) is 0.995. The average Bonchev–Trinajstić information content (AvgIpc) is 2.00. The van der Waals surface area contributed by atoms with Crippen LogP contribution >= 0.6 is 0 Å². The van der Waals surface area contributed by atoms with Gasteiger partial charge in [0.1, 0.15) is 12.2 Å². The molecule has 0 radical (unpaired) electrons. The molecule has 5 nitrogen and oxygen atoms in total. The Morgan fingerprint density at radius 3 is 1.77 bits per heavy atom. The second-order valence-corrected chi connectivity index (χ2v) is 3.55. The third kappa shape index (κ3) is 4.54. The highest BCUT2D eigenvalue weighted by atomic mass is 16.4. The SMILES string of the molecule is C[C@H](O)[C@H](O)[C@@H](O)[C@@H](O)CN(C)C. The van der Waals surface area contributed by atoms with Crippen LogP contribution in [-0.4, -0.2) is 70.4 Å². The molecule has 0 amide bonds. The Bertz CT molecular complexity index is 140. The normalized spacial score (nSPS) is 21.2. The summed E-state index contributed by atoms with van der Waals surface area (Å²) in [6, 6.07) is 0. The van der Waals surface area contributed by atoms with E-state index in [4.69, 9.17) is 5.11 Å². The summed E-state index contributed by atoms with van der Waals surface area (Å²) in [5.41, 5.74) is 0. The van der Waals surface area contributed by atoms with Gasteiger partial charge < -0.3 is 25.3 Å². The molecule has 0 aliphatic rings. The van der Waals surface area contributed by atoms with Gasteiger partial charge in [0.25, 0.3) is 0 Å². The van der Waals surface area contributed by atoms with Crippen molar-refractivity contribution in [3.05, 3.63) is 0 Å². The van der Waals surface area contributed by atoms with Crippen molar-refractivity contribution in [3.63, 3.8) is 0 Å². The zero-order chi connectivity index (χ0) is 10.6. The Morgan fingerprint density at radius 2 is 1.46 bits per heavy atom. The summed E-state index contributed by atoms with van der Waals surface area (Å²) in [5, 5.41) is 36.8. The van der Waals surface area contributed by atoms with Crippen molar-refractivity contribution < 1.29 is 20.4 Å². The van der Waals surface area contributed by atoms with Crippen molar-refractivity contribution in [1.82, 2.24) is 4.90 Å². The van der Waals surface area contributed by atoms with Crippen molar-refractivity contribution in [2.24, 2.45) is 0 Å². The van der Waals surface area contributed by atoms with Crippen LogP contribution in [0.2, 0.25) is 0 Å². The lowest BCUT2D eigenvalue weighted by atomic mass is 10.0. The molecule has 0 aromatic carbocycles. The molecule has 0 aliphatic carbocycles. The lowest BCUT2D eigenvalue weighted by Gasteiger charge is -2.26. The highest BCUT2D eigenvalue weighted by molar-refractivity contribution is 4.79. The van der Waals surface area contributed by atoms with Gasteiger partial charge in [-0.25, -0.2) is 0 Å². The van der Waals surface area contributed by atoms with E-state index in [0.717, 1.165) is 0 Å². The van der Waals surface area contributed by atoms with Gasteiger partial charge in [-0.2, -0.15) is 0 Å². The zero-order valence-corrected chi connectivity index (χ0v) is 8.25. The predicted molar refractivity (Wildman–Crippen MR) is 48.3 cm³/mol. The molecule has 0 aromatic rings. The summed E-state index contributed by atoms with van der Waals surface area (Å²) in [4.78, 5) is 1.68. The molecule has 80 valence electrons. The second-order valence-electron chi connectivity index (χ2n) is 3.55. The van der Waals surface area contributed by atoms with E-state index >= 15 is 0 Å². The van der Waals surface area contributed by atoms with Gasteiger partial charge in [0.2, 0.25) is 0 Å². The Balaban J connectivity index is 4.01. The maximum absolute atomic E-state index is 9.34. The maximum Gasteiger partial charge on any atom is 0.109 e. The molecule has 0 rings (SSSR count). The molecule has 0 aliphatic heterocycles. The van der Waals surface area contributed by atoms with Gasteiger partial charge in [0, 0.05) is 6.54 Å². The van der Waals surface area contributed by atoms with E-state index in [1.807, 2.05) is 0 Å². The van der Waals surface area contributed by atoms with Crippen molar-refractivity contribution in [2.45, 2.75) is 31.3 Å². The highest BCUT2D eigenvalue weighted by Crippen LogP contribution is 2.05. The maximum atomic E-state index is 9.34. The average molecular weight is 193 g/mol. The number of aliphatic hydroxyl groups excluding tert-OH is 4. The lowest BCUT2D eigenvalue weighted by Crippen LogP contribution is -2.47. The predicted octanol–water partition coefficient (Wildman–Crippen LogP) is -1.99. The number of nitrogens with zero attached hydrogens (tertiary/aromatic N) is 1. The fourth-order valence-electron chi connectivity index (χ4n) is 0.995. The van der Waals surface area contributed by atoms with E-state index in [1.54, 1.807) is 19.0 Å². The molecule has 4 N–H and O–H groups in total. The largest absolute Gasteiger partial charge is 0.391 e. The molecule has 0 aromatic heterocycles. The minimum absolute atomic E-state index is 0.241. The molecule has 0 spiro atoms. The molecule has 0 heterocycles. The van der Waals surface area contributed by atoms with Crippen molar-refractivity contribution in [2.75, 3.05) is 20.6 Å². The van der Waals surface area contributed by atoms with Gasteiger partial charge in [-0.15, -0.1) is 0 Å². The summed E-state index contributed by atoms with van der Waals surface area (Å²) in [5.74, 6) is 0. The summed E-state index contributed by atoms with van der Waals surface area (Å²) >= 11 is 0. The molecule has 13 heavy (non-hydrogen) atoms. The van der Waals surface area contributed by atoms with Gasteiger partial charge in [-0.05, 0) is 21.0 Å². The number of hydrogen-bond acceptors (Lipinski definition) is 5. The summed E-state index contributed by atoms with van der Waals surface area (Å²) in [7, 11) is 3.48. The van der Waals surface area contributed by atoms with Crippen LogP contribution in [0.1, 0.15) is 6.92 Å². The molecule has 0 saturated carbocycles. The first-order valence-electron chi connectivity index (χ1n) is 4.23. The smallest absolute Gasteiger partial charge is 0.109 e. The van der Waals surface area contributed by atoms with Crippen LogP contribution in [0.3, 0.4) is 0 Å². The van der Waals surface area contributed by atoms with E-state index in [1.165, 1.54) is 6.92 Å². The zero-order valence-electron chi connectivity index (χ0n) is 8.25. The second kappa shape index (κ2) is 5.51. The van der Waals surface area contributed by atoms with Crippen molar-refractivity contribution >= 4 is 0 Å². The molecule has 0 fully saturated rings. The van der Waals surface area contributed by atoms with Gasteiger partial charge in [0.05, 0.1) is 12.2 Å². The molecule has 4 atom stereocenters. The van der Waals surface area contributed by atoms with Gasteiger partial charge in [0.15, 0.2) is 0 Å². The van der Waals surface area contributed by atoms with E-state index in [0.29, 0.717) is 0 Å². The number of rotatable bonds is 5. The third-order valence-electron chi connectivity index (χ3n) is 1.79. The number of aliphatic hydroxyl groups is 4. The van der Waals surface area contributed by atoms with E-state index in [2.05, 4.69) is 0 Å².